The maximum atomic E-state index is 13.0. The van der Waals surface area contributed by atoms with Gasteiger partial charge in [0.05, 0.1) is 18.6 Å². The minimum Gasteiger partial charge on any atom is -0.478 e. The summed E-state index contributed by atoms with van der Waals surface area (Å²) in [5, 5.41) is 12.6. The van der Waals surface area contributed by atoms with E-state index in [0.717, 1.165) is 34.2 Å². The summed E-state index contributed by atoms with van der Waals surface area (Å²) < 4.78 is 5.09. The quantitative estimate of drug-likeness (QED) is 0.443. The summed E-state index contributed by atoms with van der Waals surface area (Å²) in [7, 11) is 1.58. The molecule has 1 fully saturated rings. The molecule has 7 heteroatoms. The number of amides is 2. The summed E-state index contributed by atoms with van der Waals surface area (Å²) in [4.78, 5) is 39.2. The Balaban J connectivity index is 1.39. The maximum absolute atomic E-state index is 13.0. The molecular weight excluding hydrogens is 480 g/mol. The van der Waals surface area contributed by atoms with Crippen molar-refractivity contribution in [2.24, 2.45) is 5.92 Å². The first kappa shape index (κ1) is 25.7. The van der Waals surface area contributed by atoms with Crippen LogP contribution < -0.4 is 5.32 Å². The molecule has 0 radical (unpaired) electrons. The van der Waals surface area contributed by atoms with Crippen molar-refractivity contribution < 1.29 is 24.2 Å². The fourth-order valence-electron chi connectivity index (χ4n) is 5.42. The third-order valence-electron chi connectivity index (χ3n) is 7.61. The van der Waals surface area contributed by atoms with Crippen LogP contribution in [0, 0.1) is 5.92 Å². The van der Waals surface area contributed by atoms with Crippen molar-refractivity contribution in [3.63, 3.8) is 0 Å². The molecule has 0 saturated heterocycles. The number of methoxy groups -OCH3 is 1. The second-order valence-corrected chi connectivity index (χ2v) is 10.0. The molecule has 0 aromatic heterocycles. The number of carbonyl (C=O) groups excluding carboxylic acids is 2. The largest absolute Gasteiger partial charge is 0.478 e. The Hall–Kier alpha value is -3.97. The molecule has 38 heavy (non-hydrogen) atoms. The maximum Gasteiger partial charge on any atom is 0.335 e. The van der Waals surface area contributed by atoms with Crippen LogP contribution in [0.25, 0.3) is 11.1 Å². The number of hydrogen-bond donors (Lipinski definition) is 2. The van der Waals surface area contributed by atoms with Gasteiger partial charge in [0, 0.05) is 32.7 Å². The highest BCUT2D eigenvalue weighted by atomic mass is 16.5. The van der Waals surface area contributed by atoms with Gasteiger partial charge in [-0.05, 0) is 64.3 Å². The summed E-state index contributed by atoms with van der Waals surface area (Å²) in [6.45, 7) is 1.79. The predicted molar refractivity (Wildman–Crippen MR) is 144 cm³/mol. The van der Waals surface area contributed by atoms with Crippen LogP contribution in [-0.2, 0) is 33.8 Å². The molecule has 2 atom stereocenters. The van der Waals surface area contributed by atoms with E-state index in [9.17, 15) is 19.5 Å². The normalized spacial score (nSPS) is 18.0. The van der Waals surface area contributed by atoms with Gasteiger partial charge >= 0.3 is 5.97 Å². The molecule has 2 unspecified atom stereocenters. The minimum absolute atomic E-state index is 0.0154. The minimum atomic E-state index is -0.969. The van der Waals surface area contributed by atoms with Crippen LogP contribution in [0.5, 0.6) is 0 Å². The van der Waals surface area contributed by atoms with Gasteiger partial charge in [-0.2, -0.15) is 0 Å². The number of hydrogen-bond acceptors (Lipinski definition) is 4. The molecule has 3 aromatic carbocycles. The van der Waals surface area contributed by atoms with Crippen molar-refractivity contribution in [2.45, 2.75) is 38.3 Å². The zero-order chi connectivity index (χ0) is 26.6. The van der Waals surface area contributed by atoms with Gasteiger partial charge in [0.15, 0.2) is 0 Å². The van der Waals surface area contributed by atoms with E-state index in [-0.39, 0.29) is 29.2 Å². The van der Waals surface area contributed by atoms with E-state index in [1.807, 2.05) is 41.3 Å². The lowest BCUT2D eigenvalue weighted by Gasteiger charge is -2.32. The van der Waals surface area contributed by atoms with Gasteiger partial charge in [-0.15, -0.1) is 0 Å². The van der Waals surface area contributed by atoms with E-state index >= 15 is 0 Å². The zero-order valence-corrected chi connectivity index (χ0v) is 21.5. The Morgan fingerprint density at radius 2 is 1.84 bits per heavy atom. The molecule has 1 heterocycles. The molecule has 7 nitrogen and oxygen atoms in total. The Morgan fingerprint density at radius 1 is 1.03 bits per heavy atom. The monoisotopic (exact) mass is 512 g/mol. The second kappa shape index (κ2) is 11.2. The summed E-state index contributed by atoms with van der Waals surface area (Å²) >= 11 is 0. The van der Waals surface area contributed by atoms with Crippen LogP contribution >= 0.6 is 0 Å². The fourth-order valence-corrected chi connectivity index (χ4v) is 5.42. The van der Waals surface area contributed by atoms with E-state index in [1.165, 1.54) is 5.56 Å². The van der Waals surface area contributed by atoms with E-state index in [1.54, 1.807) is 25.3 Å². The molecule has 0 bridgehead atoms. The highest BCUT2D eigenvalue weighted by molar-refractivity contribution is 5.90. The van der Waals surface area contributed by atoms with Gasteiger partial charge in [-0.1, -0.05) is 54.6 Å². The lowest BCUT2D eigenvalue weighted by atomic mass is 9.87. The number of carbonyl (C=O) groups is 3. The fraction of sp³-hybridized carbons (Fsp3) is 0.323. The summed E-state index contributed by atoms with van der Waals surface area (Å²) in [5.74, 6) is -0.630. The van der Waals surface area contributed by atoms with Crippen LogP contribution in [0.3, 0.4) is 0 Å². The number of nitrogens with one attached hydrogen (secondary N) is 1. The Kier molecular flexibility index (Phi) is 7.56. The van der Waals surface area contributed by atoms with Gasteiger partial charge in [0.25, 0.3) is 0 Å². The van der Waals surface area contributed by atoms with Crippen LogP contribution in [0.1, 0.15) is 51.4 Å². The van der Waals surface area contributed by atoms with Gasteiger partial charge in [0.1, 0.15) is 0 Å². The SMILES string of the molecule is COCCC(=O)N1CCc2c(-c3cccc(C(=O)O)c3)ccc(CNC(=O)C3CC3c3ccccc3)c2C1. The lowest BCUT2D eigenvalue weighted by molar-refractivity contribution is -0.133. The topological polar surface area (TPSA) is 95.9 Å². The molecule has 1 saturated carbocycles. The Bertz CT molecular complexity index is 1350. The van der Waals surface area contributed by atoms with E-state index < -0.39 is 5.97 Å². The first-order valence-corrected chi connectivity index (χ1v) is 13.0. The smallest absolute Gasteiger partial charge is 0.335 e. The number of carboxylic acid groups (broad SMARTS) is 1. The van der Waals surface area contributed by atoms with Crippen molar-refractivity contribution >= 4 is 17.8 Å². The van der Waals surface area contributed by atoms with Crippen LogP contribution in [0.2, 0.25) is 0 Å². The first-order chi connectivity index (χ1) is 18.5. The standard InChI is InChI=1S/C31H32N2O5/c1-38-15-13-29(34)33-14-12-25-24(21-8-5-9-22(16-21)31(36)37)11-10-23(28(25)19-33)18-32-30(35)27-17-26(27)20-6-3-2-4-7-20/h2-11,16,26-27H,12-15,17-19H2,1H3,(H,32,35)(H,36,37). The van der Waals surface area contributed by atoms with E-state index in [4.69, 9.17) is 4.74 Å². The van der Waals surface area contributed by atoms with Gasteiger partial charge < -0.3 is 20.1 Å². The average molecular weight is 513 g/mol. The molecule has 1 aliphatic heterocycles. The van der Waals surface area contributed by atoms with Crippen molar-refractivity contribution in [2.75, 3.05) is 20.3 Å². The highest BCUT2D eigenvalue weighted by Crippen LogP contribution is 2.47. The van der Waals surface area contributed by atoms with Crippen molar-refractivity contribution in [1.29, 1.82) is 0 Å². The van der Waals surface area contributed by atoms with Gasteiger partial charge in [0.2, 0.25) is 11.8 Å². The van der Waals surface area contributed by atoms with Gasteiger partial charge in [-0.25, -0.2) is 4.79 Å². The van der Waals surface area contributed by atoms with E-state index in [2.05, 4.69) is 17.4 Å². The number of ether oxygens (including phenoxy) is 1. The predicted octanol–water partition coefficient (Wildman–Crippen LogP) is 4.39. The number of rotatable bonds is 9. The number of nitrogens with zero attached hydrogens (tertiary/aromatic N) is 1. The third-order valence-corrected chi connectivity index (χ3v) is 7.61. The highest BCUT2D eigenvalue weighted by Gasteiger charge is 2.43. The summed E-state index contributed by atoms with van der Waals surface area (Å²) in [5.41, 5.74) is 6.33. The molecule has 2 aliphatic rings. The Morgan fingerprint density at radius 3 is 2.61 bits per heavy atom. The first-order valence-electron chi connectivity index (χ1n) is 13.0. The zero-order valence-electron chi connectivity index (χ0n) is 21.5. The average Bonchev–Trinajstić information content (AvgIpc) is 3.76. The number of aromatic carboxylic acids is 1. The molecule has 0 spiro atoms. The molecule has 1 aliphatic carbocycles. The van der Waals surface area contributed by atoms with Crippen LogP contribution in [0.4, 0.5) is 0 Å². The van der Waals surface area contributed by atoms with Crippen molar-refractivity contribution in [1.82, 2.24) is 10.2 Å². The summed E-state index contributed by atoms with van der Waals surface area (Å²) in [6, 6.07) is 21.1. The second-order valence-electron chi connectivity index (χ2n) is 10.0. The van der Waals surface area contributed by atoms with Crippen molar-refractivity contribution in [3.8, 4) is 11.1 Å². The third kappa shape index (κ3) is 5.48. The van der Waals surface area contributed by atoms with Crippen LogP contribution in [-0.4, -0.2) is 48.1 Å². The molecule has 2 N–H and O–H groups in total. The molecule has 2 amide bonds. The van der Waals surface area contributed by atoms with Gasteiger partial charge in [-0.3, -0.25) is 9.59 Å². The van der Waals surface area contributed by atoms with Crippen LogP contribution in [0.15, 0.2) is 66.7 Å². The lowest BCUT2D eigenvalue weighted by Crippen LogP contribution is -2.37. The number of carboxylic acids is 1. The van der Waals surface area contributed by atoms with E-state index in [0.29, 0.717) is 39.1 Å². The molecule has 5 rings (SSSR count). The summed E-state index contributed by atoms with van der Waals surface area (Å²) in [6.07, 6.45) is 1.83. The Labute approximate surface area is 222 Å². The molecular formula is C31H32N2O5. The number of fused-ring (bicyclic) bond motifs is 1. The molecule has 196 valence electrons. The van der Waals surface area contributed by atoms with Crippen molar-refractivity contribution in [3.05, 3.63) is 94.5 Å². The molecule has 3 aromatic rings. The number of benzene rings is 3.